The van der Waals surface area contributed by atoms with Crippen LogP contribution in [0.1, 0.15) is 29.3 Å². The molecule has 0 saturated carbocycles. The lowest BCUT2D eigenvalue weighted by Crippen LogP contribution is -2.52. The van der Waals surface area contributed by atoms with E-state index in [-0.39, 0.29) is 12.0 Å². The maximum atomic E-state index is 12.4. The Morgan fingerprint density at radius 2 is 1.67 bits per heavy atom. The summed E-state index contributed by atoms with van der Waals surface area (Å²) in [6, 6.07) is 12.4. The first-order valence-corrected chi connectivity index (χ1v) is 10.1. The lowest BCUT2D eigenvalue weighted by atomic mass is 9.92. The summed E-state index contributed by atoms with van der Waals surface area (Å²) in [6.45, 7) is 3.72. The topological polar surface area (TPSA) is 77.1 Å². The highest BCUT2D eigenvalue weighted by Crippen LogP contribution is 2.27. The van der Waals surface area contributed by atoms with E-state index in [1.54, 1.807) is 43.4 Å². The fourth-order valence-electron chi connectivity index (χ4n) is 3.35. The van der Waals surface area contributed by atoms with E-state index in [0.717, 1.165) is 29.9 Å². The summed E-state index contributed by atoms with van der Waals surface area (Å²) in [5.74, 6) is 1.57. The molecule has 2 aromatic rings. The van der Waals surface area contributed by atoms with Gasteiger partial charge in [-0.1, -0.05) is 6.92 Å². The Hall–Kier alpha value is -3.22. The molecule has 1 fully saturated rings. The van der Waals surface area contributed by atoms with Crippen LogP contribution in [0.25, 0.3) is 0 Å². The number of nitrogens with one attached hydrogen (secondary N) is 1. The Kier molecular flexibility index (Phi) is 7.17. The number of hydrogen-bond acceptors (Lipinski definition) is 5. The summed E-state index contributed by atoms with van der Waals surface area (Å²) < 4.78 is 15.7. The van der Waals surface area contributed by atoms with Crippen LogP contribution in [0.15, 0.2) is 42.5 Å². The van der Waals surface area contributed by atoms with Crippen LogP contribution in [0.3, 0.4) is 0 Å². The van der Waals surface area contributed by atoms with Crippen LogP contribution in [-0.4, -0.2) is 50.8 Å². The molecule has 0 spiro atoms. The van der Waals surface area contributed by atoms with Crippen molar-refractivity contribution >= 4 is 17.7 Å². The largest absolute Gasteiger partial charge is 0.497 e. The van der Waals surface area contributed by atoms with Gasteiger partial charge >= 0.3 is 12.0 Å². The number of carbonyl (C=O) groups excluding carboxylic acids is 2. The summed E-state index contributed by atoms with van der Waals surface area (Å²) >= 11 is 0. The first-order chi connectivity index (χ1) is 14.5. The second-order valence-electron chi connectivity index (χ2n) is 7.34. The number of rotatable bonds is 8. The third-order valence-electron chi connectivity index (χ3n) is 4.99. The van der Waals surface area contributed by atoms with E-state index >= 15 is 0 Å². The van der Waals surface area contributed by atoms with Gasteiger partial charge in [0, 0.05) is 24.8 Å². The van der Waals surface area contributed by atoms with Crippen LogP contribution in [0, 0.1) is 5.92 Å². The molecule has 0 unspecified atom stereocenters. The molecule has 1 heterocycles. The third kappa shape index (κ3) is 5.43. The summed E-state index contributed by atoms with van der Waals surface area (Å²) in [6.07, 6.45) is 1.63. The Morgan fingerprint density at radius 1 is 1.03 bits per heavy atom. The number of esters is 1. The Labute approximate surface area is 176 Å². The van der Waals surface area contributed by atoms with Gasteiger partial charge in [0.1, 0.15) is 11.5 Å². The minimum absolute atomic E-state index is 0.143. The molecule has 0 bridgehead atoms. The van der Waals surface area contributed by atoms with Gasteiger partial charge in [0.15, 0.2) is 0 Å². The van der Waals surface area contributed by atoms with Gasteiger partial charge in [-0.3, -0.25) is 0 Å². The van der Waals surface area contributed by atoms with Crippen LogP contribution >= 0.6 is 0 Å². The van der Waals surface area contributed by atoms with Gasteiger partial charge in [-0.25, -0.2) is 9.59 Å². The number of likely N-dealkylation sites (tertiary alicyclic amines) is 1. The van der Waals surface area contributed by atoms with Crippen molar-refractivity contribution in [3.63, 3.8) is 0 Å². The summed E-state index contributed by atoms with van der Waals surface area (Å²) in [5.41, 5.74) is 2.24. The van der Waals surface area contributed by atoms with Crippen molar-refractivity contribution in [1.29, 1.82) is 0 Å². The van der Waals surface area contributed by atoms with E-state index in [9.17, 15) is 9.59 Å². The van der Waals surface area contributed by atoms with Crippen LogP contribution in [0.4, 0.5) is 10.5 Å². The van der Waals surface area contributed by atoms with Crippen molar-refractivity contribution in [3.05, 3.63) is 53.6 Å². The zero-order valence-corrected chi connectivity index (χ0v) is 17.6. The van der Waals surface area contributed by atoms with Crippen molar-refractivity contribution in [3.8, 4) is 11.5 Å². The molecule has 1 N–H and O–H groups in total. The second-order valence-corrected chi connectivity index (χ2v) is 7.34. The van der Waals surface area contributed by atoms with Crippen molar-refractivity contribution in [2.75, 3.05) is 39.2 Å². The average Bonchev–Trinajstić information content (AvgIpc) is 2.74. The monoisotopic (exact) mass is 412 g/mol. The van der Waals surface area contributed by atoms with E-state index in [2.05, 4.69) is 5.32 Å². The molecule has 0 atom stereocenters. The highest BCUT2D eigenvalue weighted by Gasteiger charge is 2.30. The number of amides is 2. The molecule has 2 amide bonds. The molecule has 0 aliphatic carbocycles. The molecule has 7 heteroatoms. The molecule has 30 heavy (non-hydrogen) atoms. The molecule has 3 rings (SSSR count). The average molecular weight is 412 g/mol. The summed E-state index contributed by atoms with van der Waals surface area (Å²) in [7, 11) is 3.27. The molecule has 160 valence electrons. The molecule has 1 saturated heterocycles. The third-order valence-corrected chi connectivity index (χ3v) is 4.99. The number of hydrogen-bond donors (Lipinski definition) is 1. The fourth-order valence-corrected chi connectivity index (χ4v) is 3.35. The van der Waals surface area contributed by atoms with Crippen LogP contribution < -0.4 is 14.8 Å². The number of nitrogens with zero attached hydrogens (tertiary/aromatic N) is 1. The number of benzene rings is 2. The first-order valence-electron chi connectivity index (χ1n) is 10.1. The summed E-state index contributed by atoms with van der Waals surface area (Å²) in [4.78, 5) is 26.0. The molecule has 1 aliphatic rings. The highest BCUT2D eigenvalue weighted by molar-refractivity contribution is 5.92. The smallest absolute Gasteiger partial charge is 0.338 e. The Balaban J connectivity index is 1.48. The number of ether oxygens (including phenoxy) is 3. The highest BCUT2D eigenvalue weighted by atomic mass is 16.5. The lowest BCUT2D eigenvalue weighted by Gasteiger charge is -2.39. The van der Waals surface area contributed by atoms with Gasteiger partial charge in [0.2, 0.25) is 0 Å². The maximum absolute atomic E-state index is 12.4. The fraction of sp³-hybridized carbons (Fsp3) is 0.391. The molecule has 1 aliphatic heterocycles. The molecular formula is C23H28N2O5. The number of urea groups is 1. The molecule has 2 aromatic carbocycles. The number of methoxy groups -OCH3 is 2. The quantitative estimate of drug-likeness (QED) is 0.664. The van der Waals surface area contributed by atoms with E-state index in [1.165, 1.54) is 0 Å². The van der Waals surface area contributed by atoms with E-state index < -0.39 is 0 Å². The van der Waals surface area contributed by atoms with E-state index in [4.69, 9.17) is 14.2 Å². The number of carbonyl (C=O) groups is 2. The van der Waals surface area contributed by atoms with Crippen LogP contribution in [-0.2, 0) is 11.2 Å². The standard InChI is InChI=1S/C23H28N2O5/c1-4-9-30-22(26)18-5-7-19(8-6-18)24-23(27)25-14-17(15-25)10-16-11-20(28-2)13-21(12-16)29-3/h5-8,11-13,17H,4,9-10,14-15H2,1-3H3,(H,24,27). The Morgan fingerprint density at radius 3 is 2.23 bits per heavy atom. The van der Waals surface area contributed by atoms with Crippen molar-refractivity contribution in [1.82, 2.24) is 4.90 Å². The van der Waals surface area contributed by atoms with Gasteiger partial charge in [-0.2, -0.15) is 0 Å². The van der Waals surface area contributed by atoms with Crippen molar-refractivity contribution in [2.45, 2.75) is 19.8 Å². The maximum Gasteiger partial charge on any atom is 0.338 e. The second kappa shape index (κ2) is 10.0. The van der Waals surface area contributed by atoms with E-state index in [0.29, 0.717) is 36.9 Å². The first kappa shape index (κ1) is 21.5. The van der Waals surface area contributed by atoms with E-state index in [1.807, 2.05) is 25.1 Å². The molecule has 0 radical (unpaired) electrons. The predicted octanol–water partition coefficient (Wildman–Crippen LogP) is 3.98. The van der Waals surface area contributed by atoms with Crippen molar-refractivity contribution < 1.29 is 23.8 Å². The molecular weight excluding hydrogens is 384 g/mol. The minimum Gasteiger partial charge on any atom is -0.497 e. The van der Waals surface area contributed by atoms with Gasteiger partial charge in [0.25, 0.3) is 0 Å². The SMILES string of the molecule is CCCOC(=O)c1ccc(NC(=O)N2CC(Cc3cc(OC)cc(OC)c3)C2)cc1. The molecule has 0 aromatic heterocycles. The van der Waals surface area contributed by atoms with Gasteiger partial charge in [-0.15, -0.1) is 0 Å². The minimum atomic E-state index is -0.352. The number of anilines is 1. The molecule has 7 nitrogen and oxygen atoms in total. The van der Waals surface area contributed by atoms with Gasteiger partial charge in [0.05, 0.1) is 26.4 Å². The zero-order valence-electron chi connectivity index (χ0n) is 17.6. The van der Waals surface area contributed by atoms with Gasteiger partial charge < -0.3 is 24.4 Å². The van der Waals surface area contributed by atoms with Crippen molar-refractivity contribution in [2.24, 2.45) is 5.92 Å². The lowest BCUT2D eigenvalue weighted by molar-refractivity contribution is 0.0505. The predicted molar refractivity (Wildman–Crippen MR) is 114 cm³/mol. The zero-order chi connectivity index (χ0) is 21.5. The van der Waals surface area contributed by atoms with Crippen LogP contribution in [0.5, 0.6) is 11.5 Å². The van der Waals surface area contributed by atoms with Gasteiger partial charge in [-0.05, 0) is 60.7 Å². The normalized spacial score (nSPS) is 13.4. The summed E-state index contributed by atoms with van der Waals surface area (Å²) in [5, 5.41) is 2.87. The van der Waals surface area contributed by atoms with Crippen LogP contribution in [0.2, 0.25) is 0 Å². The Bertz CT molecular complexity index is 853.